The smallest absolute Gasteiger partial charge is 0.310 e. The van der Waals surface area contributed by atoms with Gasteiger partial charge in [0.2, 0.25) is 0 Å². The lowest BCUT2D eigenvalue weighted by Gasteiger charge is -2.10. The molecule has 0 atom stereocenters. The predicted octanol–water partition coefficient (Wildman–Crippen LogP) is 5.72. The molecule has 0 fully saturated rings. The third-order valence-electron chi connectivity index (χ3n) is 4.92. The van der Waals surface area contributed by atoms with Gasteiger partial charge in [-0.2, -0.15) is 0 Å². The second-order valence-electron chi connectivity index (χ2n) is 6.96. The minimum Gasteiger partial charge on any atom is -0.494 e. The van der Waals surface area contributed by atoms with Gasteiger partial charge in [0.15, 0.2) is 0 Å². The molecule has 4 aromatic rings. The van der Waals surface area contributed by atoms with Gasteiger partial charge in [0, 0.05) is 28.1 Å². The Morgan fingerprint density at radius 1 is 0.968 bits per heavy atom. The van der Waals surface area contributed by atoms with Crippen LogP contribution in [-0.2, 0) is 16.0 Å². The van der Waals surface area contributed by atoms with Gasteiger partial charge in [0.1, 0.15) is 17.0 Å². The normalized spacial score (nSPS) is 10.6. The number of carbonyl (C=O) groups is 1. The Hall–Kier alpha value is -3.86. The Labute approximate surface area is 180 Å². The van der Waals surface area contributed by atoms with E-state index >= 15 is 0 Å². The fourth-order valence-corrected chi connectivity index (χ4v) is 3.46. The zero-order valence-electron chi connectivity index (χ0n) is 17.5. The number of benzene rings is 3. The maximum absolute atomic E-state index is 11.9. The number of rotatable bonds is 7. The largest absolute Gasteiger partial charge is 0.494 e. The summed E-state index contributed by atoms with van der Waals surface area (Å²) in [4.78, 5) is 16.9. The van der Waals surface area contributed by atoms with Crippen molar-refractivity contribution in [1.82, 2.24) is 0 Å². The molecule has 0 bridgehead atoms. The molecule has 5 heteroatoms. The number of methoxy groups -OCH3 is 1. The standard InChI is InChI=1S/C26H23NO4/c1-3-30-25(28)14-20-17-31-23-16-22(24(29-2)15-21(20)23)27-26(18-10-6-4-7-11-18)19-12-8-5-9-13-19/h4-13,15-17H,3,14H2,1-2H3. The third-order valence-corrected chi connectivity index (χ3v) is 4.92. The minimum absolute atomic E-state index is 0.145. The number of fused-ring (bicyclic) bond motifs is 1. The van der Waals surface area contributed by atoms with E-state index in [1.54, 1.807) is 20.3 Å². The maximum atomic E-state index is 11.9. The van der Waals surface area contributed by atoms with Crippen LogP contribution in [0.4, 0.5) is 5.69 Å². The number of esters is 1. The number of ether oxygens (including phenoxy) is 2. The van der Waals surface area contributed by atoms with E-state index in [-0.39, 0.29) is 12.4 Å². The molecule has 0 amide bonds. The number of furan rings is 1. The maximum Gasteiger partial charge on any atom is 0.310 e. The number of hydrogen-bond donors (Lipinski definition) is 0. The average Bonchev–Trinajstić information content (AvgIpc) is 3.19. The van der Waals surface area contributed by atoms with Gasteiger partial charge in [-0.25, -0.2) is 4.99 Å². The van der Waals surface area contributed by atoms with E-state index in [9.17, 15) is 4.79 Å². The van der Waals surface area contributed by atoms with Gasteiger partial charge >= 0.3 is 5.97 Å². The molecule has 0 saturated heterocycles. The van der Waals surface area contributed by atoms with E-state index in [1.165, 1.54) is 0 Å². The zero-order chi connectivity index (χ0) is 21.6. The Kier molecular flexibility index (Phi) is 6.13. The number of hydrogen-bond acceptors (Lipinski definition) is 5. The lowest BCUT2D eigenvalue weighted by molar-refractivity contribution is -0.142. The molecular formula is C26H23NO4. The van der Waals surface area contributed by atoms with Crippen molar-refractivity contribution in [2.75, 3.05) is 13.7 Å². The molecule has 3 aromatic carbocycles. The topological polar surface area (TPSA) is 61.0 Å². The van der Waals surface area contributed by atoms with Crippen LogP contribution >= 0.6 is 0 Å². The Bertz CT molecular complexity index is 1170. The van der Waals surface area contributed by atoms with E-state index in [4.69, 9.17) is 18.9 Å². The van der Waals surface area contributed by atoms with Crippen LogP contribution in [-0.4, -0.2) is 25.4 Å². The lowest BCUT2D eigenvalue weighted by atomic mass is 10.0. The van der Waals surface area contributed by atoms with Crippen LogP contribution in [0.2, 0.25) is 0 Å². The summed E-state index contributed by atoms with van der Waals surface area (Å²) in [5, 5.41) is 0.810. The van der Waals surface area contributed by atoms with E-state index in [0.29, 0.717) is 23.6 Å². The Morgan fingerprint density at radius 3 is 2.19 bits per heavy atom. The third kappa shape index (κ3) is 4.51. The first-order valence-corrected chi connectivity index (χ1v) is 10.1. The predicted molar refractivity (Wildman–Crippen MR) is 121 cm³/mol. The van der Waals surface area contributed by atoms with Crippen molar-refractivity contribution < 1.29 is 18.7 Å². The molecule has 0 aliphatic heterocycles. The highest BCUT2D eigenvalue weighted by Crippen LogP contribution is 2.36. The molecule has 4 rings (SSSR count). The summed E-state index contributed by atoms with van der Waals surface area (Å²) in [6.07, 6.45) is 1.73. The first-order valence-electron chi connectivity index (χ1n) is 10.1. The van der Waals surface area contributed by atoms with Gasteiger partial charge in [-0.05, 0) is 13.0 Å². The molecular weight excluding hydrogens is 390 g/mol. The molecule has 0 N–H and O–H groups in total. The van der Waals surface area contributed by atoms with Crippen molar-refractivity contribution in [2.45, 2.75) is 13.3 Å². The van der Waals surface area contributed by atoms with Gasteiger partial charge in [0.05, 0.1) is 32.1 Å². The molecule has 156 valence electrons. The van der Waals surface area contributed by atoms with Crippen LogP contribution in [0.5, 0.6) is 5.75 Å². The van der Waals surface area contributed by atoms with Gasteiger partial charge in [-0.3, -0.25) is 4.79 Å². The molecule has 1 aromatic heterocycles. The average molecular weight is 413 g/mol. The van der Waals surface area contributed by atoms with Crippen molar-refractivity contribution in [2.24, 2.45) is 4.99 Å². The number of aliphatic imine (C=N–C) groups is 1. The fourth-order valence-electron chi connectivity index (χ4n) is 3.46. The Morgan fingerprint density at radius 2 is 1.61 bits per heavy atom. The highest BCUT2D eigenvalue weighted by atomic mass is 16.5. The number of nitrogens with zero attached hydrogens (tertiary/aromatic N) is 1. The second kappa shape index (κ2) is 9.30. The monoisotopic (exact) mass is 413 g/mol. The molecule has 0 aliphatic rings. The molecule has 0 radical (unpaired) electrons. The van der Waals surface area contributed by atoms with Gasteiger partial charge in [-0.15, -0.1) is 0 Å². The fraction of sp³-hybridized carbons (Fsp3) is 0.154. The van der Waals surface area contributed by atoms with Crippen LogP contribution in [0.15, 0.2) is 88.5 Å². The first-order chi connectivity index (χ1) is 15.2. The summed E-state index contributed by atoms with van der Waals surface area (Å²) < 4.78 is 16.4. The summed E-state index contributed by atoms with van der Waals surface area (Å²) in [7, 11) is 1.61. The van der Waals surface area contributed by atoms with Gasteiger partial charge in [-0.1, -0.05) is 60.7 Å². The molecule has 0 spiro atoms. The van der Waals surface area contributed by atoms with Crippen LogP contribution in [0, 0.1) is 0 Å². The second-order valence-corrected chi connectivity index (χ2v) is 6.96. The van der Waals surface area contributed by atoms with E-state index < -0.39 is 0 Å². The summed E-state index contributed by atoms with van der Waals surface area (Å²) >= 11 is 0. The van der Waals surface area contributed by atoms with Gasteiger partial charge in [0.25, 0.3) is 0 Å². The zero-order valence-corrected chi connectivity index (χ0v) is 17.5. The van der Waals surface area contributed by atoms with Crippen LogP contribution in [0.1, 0.15) is 23.6 Å². The van der Waals surface area contributed by atoms with Crippen LogP contribution < -0.4 is 4.74 Å². The summed E-state index contributed by atoms with van der Waals surface area (Å²) in [6.45, 7) is 2.13. The Balaban J connectivity index is 1.82. The van der Waals surface area contributed by atoms with E-state index in [0.717, 1.165) is 27.8 Å². The molecule has 0 aliphatic carbocycles. The lowest BCUT2D eigenvalue weighted by Crippen LogP contribution is -2.06. The molecule has 31 heavy (non-hydrogen) atoms. The van der Waals surface area contributed by atoms with Crippen molar-refractivity contribution >= 4 is 28.3 Å². The van der Waals surface area contributed by atoms with Crippen LogP contribution in [0.3, 0.4) is 0 Å². The van der Waals surface area contributed by atoms with E-state index in [2.05, 4.69) is 0 Å². The summed E-state index contributed by atoms with van der Waals surface area (Å²) in [6, 6.07) is 23.7. The molecule has 1 heterocycles. The van der Waals surface area contributed by atoms with Crippen LogP contribution in [0.25, 0.3) is 11.0 Å². The van der Waals surface area contributed by atoms with Crippen molar-refractivity contribution in [3.63, 3.8) is 0 Å². The summed E-state index contributed by atoms with van der Waals surface area (Å²) in [5.41, 5.74) is 4.87. The number of carbonyl (C=O) groups excluding carboxylic acids is 1. The SMILES string of the molecule is CCOC(=O)Cc1coc2cc(N=C(c3ccccc3)c3ccccc3)c(OC)cc12. The molecule has 0 saturated carbocycles. The quantitative estimate of drug-likeness (QED) is 0.287. The van der Waals surface area contributed by atoms with Crippen molar-refractivity contribution in [3.05, 3.63) is 95.7 Å². The van der Waals surface area contributed by atoms with Crippen molar-refractivity contribution in [3.8, 4) is 5.75 Å². The molecule has 5 nitrogen and oxygen atoms in total. The van der Waals surface area contributed by atoms with Crippen molar-refractivity contribution in [1.29, 1.82) is 0 Å². The highest BCUT2D eigenvalue weighted by Gasteiger charge is 2.16. The minimum atomic E-state index is -0.290. The highest BCUT2D eigenvalue weighted by molar-refractivity contribution is 6.14. The molecule has 0 unspecified atom stereocenters. The first kappa shape index (κ1) is 20.4. The van der Waals surface area contributed by atoms with Gasteiger partial charge < -0.3 is 13.9 Å². The summed E-state index contributed by atoms with van der Waals surface area (Å²) in [5.74, 6) is 0.310. The van der Waals surface area contributed by atoms with E-state index in [1.807, 2.05) is 72.8 Å².